The minimum Gasteiger partial charge on any atom is -0.356 e. The predicted octanol–water partition coefficient (Wildman–Crippen LogP) is 1.68. The Morgan fingerprint density at radius 2 is 1.83 bits per heavy atom. The summed E-state index contributed by atoms with van der Waals surface area (Å²) < 4.78 is 2.04. The molecule has 124 valence electrons. The van der Waals surface area contributed by atoms with Crippen LogP contribution in [0.3, 0.4) is 0 Å². The Hall–Kier alpha value is -2.89. The van der Waals surface area contributed by atoms with E-state index in [0.29, 0.717) is 0 Å². The standard InChI is InChI=1S/C18H22N6/c1-19-18(21-11-8-15-6-2-4-10-20-15)22-12-9-16-14-24-13-5-3-7-17(24)23-16/h2-7,10,13-14H,8-9,11-12H2,1H3,(H2,19,21,22). The summed E-state index contributed by atoms with van der Waals surface area (Å²) in [7, 11) is 1.78. The number of pyridine rings is 2. The molecule has 0 aliphatic carbocycles. The lowest BCUT2D eigenvalue weighted by Crippen LogP contribution is -2.39. The van der Waals surface area contributed by atoms with Crippen molar-refractivity contribution in [3.05, 3.63) is 66.4 Å². The number of fused-ring (bicyclic) bond motifs is 1. The summed E-state index contributed by atoms with van der Waals surface area (Å²) in [4.78, 5) is 13.1. The molecule has 0 aliphatic rings. The Bertz CT molecular complexity index is 760. The Balaban J connectivity index is 1.42. The average molecular weight is 322 g/mol. The molecule has 6 heteroatoms. The average Bonchev–Trinajstić information content (AvgIpc) is 3.04. The van der Waals surface area contributed by atoms with Crippen LogP contribution < -0.4 is 10.6 Å². The minimum atomic E-state index is 0.785. The van der Waals surface area contributed by atoms with Gasteiger partial charge in [0.15, 0.2) is 5.96 Å². The van der Waals surface area contributed by atoms with E-state index < -0.39 is 0 Å². The van der Waals surface area contributed by atoms with Crippen LogP contribution in [-0.4, -0.2) is 40.5 Å². The summed E-state index contributed by atoms with van der Waals surface area (Å²) >= 11 is 0. The molecule has 24 heavy (non-hydrogen) atoms. The number of rotatable bonds is 6. The molecule has 0 aliphatic heterocycles. The van der Waals surface area contributed by atoms with Crippen molar-refractivity contribution in [3.63, 3.8) is 0 Å². The smallest absolute Gasteiger partial charge is 0.191 e. The number of nitrogens with zero attached hydrogens (tertiary/aromatic N) is 4. The molecule has 0 bridgehead atoms. The first-order valence-electron chi connectivity index (χ1n) is 8.12. The van der Waals surface area contributed by atoms with E-state index in [1.165, 1.54) is 0 Å². The van der Waals surface area contributed by atoms with Crippen molar-refractivity contribution in [1.29, 1.82) is 0 Å². The number of guanidine groups is 1. The zero-order chi connectivity index (χ0) is 16.6. The molecular formula is C18H22N6. The predicted molar refractivity (Wildman–Crippen MR) is 96.2 cm³/mol. The van der Waals surface area contributed by atoms with Crippen molar-refractivity contribution in [3.8, 4) is 0 Å². The van der Waals surface area contributed by atoms with Gasteiger partial charge in [0, 0.05) is 57.3 Å². The second-order valence-corrected chi connectivity index (χ2v) is 5.45. The maximum Gasteiger partial charge on any atom is 0.191 e. The monoisotopic (exact) mass is 322 g/mol. The summed E-state index contributed by atoms with van der Waals surface area (Å²) in [5.41, 5.74) is 3.12. The fourth-order valence-electron chi connectivity index (χ4n) is 2.49. The van der Waals surface area contributed by atoms with E-state index in [4.69, 9.17) is 0 Å². The molecule has 2 N–H and O–H groups in total. The van der Waals surface area contributed by atoms with Crippen molar-refractivity contribution in [2.75, 3.05) is 20.1 Å². The van der Waals surface area contributed by atoms with Gasteiger partial charge >= 0.3 is 0 Å². The molecule has 0 saturated heterocycles. The largest absolute Gasteiger partial charge is 0.356 e. The third-order valence-corrected chi connectivity index (χ3v) is 3.71. The number of aromatic nitrogens is 3. The van der Waals surface area contributed by atoms with Crippen LogP contribution in [0.25, 0.3) is 5.65 Å². The highest BCUT2D eigenvalue weighted by Gasteiger charge is 2.02. The fourth-order valence-corrected chi connectivity index (χ4v) is 2.49. The van der Waals surface area contributed by atoms with Crippen molar-refractivity contribution < 1.29 is 0 Å². The molecule has 0 spiro atoms. The number of hydrogen-bond acceptors (Lipinski definition) is 3. The van der Waals surface area contributed by atoms with Gasteiger partial charge in [0.1, 0.15) is 5.65 Å². The van der Waals surface area contributed by atoms with E-state index >= 15 is 0 Å². The molecule has 3 aromatic heterocycles. The van der Waals surface area contributed by atoms with Gasteiger partial charge in [-0.25, -0.2) is 4.98 Å². The lowest BCUT2D eigenvalue weighted by atomic mass is 10.3. The van der Waals surface area contributed by atoms with E-state index in [9.17, 15) is 0 Å². The van der Waals surface area contributed by atoms with Gasteiger partial charge < -0.3 is 15.0 Å². The molecule has 0 saturated carbocycles. The van der Waals surface area contributed by atoms with Crippen LogP contribution in [-0.2, 0) is 12.8 Å². The topological polar surface area (TPSA) is 66.6 Å². The second kappa shape index (κ2) is 8.10. The molecule has 3 aromatic rings. The second-order valence-electron chi connectivity index (χ2n) is 5.45. The molecule has 0 aromatic carbocycles. The summed E-state index contributed by atoms with van der Waals surface area (Å²) in [6.45, 7) is 1.58. The van der Waals surface area contributed by atoms with E-state index in [-0.39, 0.29) is 0 Å². The van der Waals surface area contributed by atoms with Crippen LogP contribution in [0, 0.1) is 0 Å². The van der Waals surface area contributed by atoms with E-state index in [2.05, 4.69) is 31.8 Å². The molecule has 0 unspecified atom stereocenters. The number of nitrogens with one attached hydrogen (secondary N) is 2. The van der Waals surface area contributed by atoms with Gasteiger partial charge in [0.25, 0.3) is 0 Å². The van der Waals surface area contributed by atoms with Gasteiger partial charge in [0.2, 0.25) is 0 Å². The third-order valence-electron chi connectivity index (χ3n) is 3.71. The van der Waals surface area contributed by atoms with E-state index in [0.717, 1.165) is 48.9 Å². The van der Waals surface area contributed by atoms with Gasteiger partial charge in [-0.2, -0.15) is 0 Å². The highest BCUT2D eigenvalue weighted by molar-refractivity contribution is 5.79. The van der Waals surface area contributed by atoms with Crippen LogP contribution in [0.15, 0.2) is 60.0 Å². The maximum atomic E-state index is 4.59. The number of imidazole rings is 1. The zero-order valence-corrected chi connectivity index (χ0v) is 13.8. The van der Waals surface area contributed by atoms with Gasteiger partial charge in [-0.15, -0.1) is 0 Å². The minimum absolute atomic E-state index is 0.785. The Morgan fingerprint density at radius 1 is 1.04 bits per heavy atom. The van der Waals surface area contributed by atoms with Crippen LogP contribution in [0.1, 0.15) is 11.4 Å². The number of hydrogen-bond donors (Lipinski definition) is 2. The fraction of sp³-hybridized carbons (Fsp3) is 0.278. The Morgan fingerprint density at radius 3 is 2.54 bits per heavy atom. The molecule has 0 atom stereocenters. The van der Waals surface area contributed by atoms with Crippen molar-refractivity contribution in [2.24, 2.45) is 4.99 Å². The lowest BCUT2D eigenvalue weighted by molar-refractivity contribution is 0.771. The first kappa shape index (κ1) is 16.0. The van der Waals surface area contributed by atoms with Crippen molar-refractivity contribution >= 4 is 11.6 Å². The maximum absolute atomic E-state index is 4.59. The van der Waals surface area contributed by atoms with Crippen LogP contribution in [0.4, 0.5) is 0 Å². The van der Waals surface area contributed by atoms with Crippen LogP contribution >= 0.6 is 0 Å². The van der Waals surface area contributed by atoms with Crippen LogP contribution in [0.5, 0.6) is 0 Å². The van der Waals surface area contributed by atoms with E-state index in [1.54, 1.807) is 7.05 Å². The number of aliphatic imine (C=N–C) groups is 1. The van der Waals surface area contributed by atoms with E-state index in [1.807, 2.05) is 53.2 Å². The highest BCUT2D eigenvalue weighted by Crippen LogP contribution is 2.04. The Labute approximate surface area is 141 Å². The molecule has 0 amide bonds. The first-order chi connectivity index (χ1) is 11.8. The van der Waals surface area contributed by atoms with Gasteiger partial charge in [-0.3, -0.25) is 9.98 Å². The van der Waals surface area contributed by atoms with Crippen LogP contribution in [0.2, 0.25) is 0 Å². The summed E-state index contributed by atoms with van der Waals surface area (Å²) in [5.74, 6) is 0.801. The summed E-state index contributed by atoms with van der Waals surface area (Å²) in [6.07, 6.45) is 7.61. The summed E-state index contributed by atoms with van der Waals surface area (Å²) in [6, 6.07) is 12.0. The van der Waals surface area contributed by atoms with Gasteiger partial charge in [-0.1, -0.05) is 12.1 Å². The SMILES string of the molecule is CN=C(NCCc1ccccn1)NCCc1cn2ccccc2n1. The lowest BCUT2D eigenvalue weighted by Gasteiger charge is -2.11. The third kappa shape index (κ3) is 4.32. The quantitative estimate of drug-likeness (QED) is 0.535. The van der Waals surface area contributed by atoms with Gasteiger partial charge in [0.05, 0.1) is 5.69 Å². The van der Waals surface area contributed by atoms with Gasteiger partial charge in [-0.05, 0) is 24.3 Å². The molecule has 6 nitrogen and oxygen atoms in total. The highest BCUT2D eigenvalue weighted by atomic mass is 15.2. The first-order valence-corrected chi connectivity index (χ1v) is 8.12. The van der Waals surface area contributed by atoms with Crippen molar-refractivity contribution in [2.45, 2.75) is 12.8 Å². The molecule has 0 radical (unpaired) electrons. The van der Waals surface area contributed by atoms with Crippen molar-refractivity contribution in [1.82, 2.24) is 25.0 Å². The Kier molecular flexibility index (Phi) is 5.40. The zero-order valence-electron chi connectivity index (χ0n) is 13.8. The molecule has 0 fully saturated rings. The molecule has 3 heterocycles. The molecule has 3 rings (SSSR count). The summed E-state index contributed by atoms with van der Waals surface area (Å²) in [5, 5.41) is 6.62. The normalized spacial score (nSPS) is 11.6. The molecular weight excluding hydrogens is 300 g/mol.